The highest BCUT2D eigenvalue weighted by molar-refractivity contribution is 6.31. The second-order valence-electron chi connectivity index (χ2n) is 8.46. The summed E-state index contributed by atoms with van der Waals surface area (Å²) in [6.07, 6.45) is 4.05. The lowest BCUT2D eigenvalue weighted by atomic mass is 10.1. The summed E-state index contributed by atoms with van der Waals surface area (Å²) in [5, 5.41) is 8.92. The van der Waals surface area contributed by atoms with E-state index < -0.39 is 0 Å². The number of aromatic nitrogens is 5. The number of nitrogens with zero attached hydrogens (tertiary/aromatic N) is 5. The van der Waals surface area contributed by atoms with Crippen molar-refractivity contribution in [1.82, 2.24) is 29.9 Å². The number of piperidine rings is 1. The number of methoxy groups -OCH3 is 1. The standard InChI is InChI=1S/C23H21ClN6O2/c1-12-15-11-20(22-27-17-5-4-14(32-2)10-18(17)28-22)29(21(12)15)23(31)16-9-13(24)3-6-19(16)30-25-7-8-26-30/h3-10,12,15,20-21H,11H2,1-2H3,(H,27,28)/t12-,15?,20+,21-/m1/s1. The molecule has 0 spiro atoms. The zero-order valence-electron chi connectivity index (χ0n) is 17.6. The van der Waals surface area contributed by atoms with Crippen molar-refractivity contribution in [2.45, 2.75) is 25.4 Å². The van der Waals surface area contributed by atoms with Crippen LogP contribution in [-0.4, -0.2) is 48.9 Å². The average Bonchev–Trinajstić information content (AvgIpc) is 3.31. The van der Waals surface area contributed by atoms with E-state index in [1.165, 1.54) is 4.80 Å². The van der Waals surface area contributed by atoms with Gasteiger partial charge in [-0.05, 0) is 48.6 Å². The van der Waals surface area contributed by atoms with Crippen molar-refractivity contribution >= 4 is 28.5 Å². The van der Waals surface area contributed by atoms with Crippen LogP contribution >= 0.6 is 11.6 Å². The Morgan fingerprint density at radius 2 is 2.00 bits per heavy atom. The Balaban J connectivity index is 1.42. The minimum atomic E-state index is -0.135. The molecule has 2 aromatic heterocycles. The first-order valence-corrected chi connectivity index (χ1v) is 11.0. The molecule has 8 nitrogen and oxygen atoms in total. The highest BCUT2D eigenvalue weighted by atomic mass is 35.5. The van der Waals surface area contributed by atoms with Crippen LogP contribution in [0.2, 0.25) is 5.02 Å². The molecule has 6 rings (SSSR count). The molecule has 2 aliphatic rings. The van der Waals surface area contributed by atoms with E-state index >= 15 is 0 Å². The maximum atomic E-state index is 13.9. The zero-order chi connectivity index (χ0) is 22.0. The van der Waals surface area contributed by atoms with Gasteiger partial charge in [0.1, 0.15) is 11.6 Å². The molecule has 1 aliphatic carbocycles. The van der Waals surface area contributed by atoms with Crippen molar-refractivity contribution in [2.24, 2.45) is 11.8 Å². The Morgan fingerprint density at radius 3 is 2.78 bits per heavy atom. The van der Waals surface area contributed by atoms with Crippen molar-refractivity contribution in [1.29, 1.82) is 0 Å². The molecule has 162 valence electrons. The Labute approximate surface area is 189 Å². The first kappa shape index (κ1) is 19.3. The maximum absolute atomic E-state index is 13.9. The van der Waals surface area contributed by atoms with Gasteiger partial charge in [-0.1, -0.05) is 18.5 Å². The number of rotatable bonds is 4. The molecule has 0 bridgehead atoms. The lowest BCUT2D eigenvalue weighted by Crippen LogP contribution is -2.36. The SMILES string of the molecule is COc1ccc2[nH]c([C@@H]3CC4[C@@H](C)[C@H]4N3C(=O)c3cc(Cl)ccc3-n3nccn3)nc2c1. The predicted octanol–water partition coefficient (Wildman–Crippen LogP) is 4.03. The van der Waals surface area contributed by atoms with E-state index in [1.54, 1.807) is 37.7 Å². The van der Waals surface area contributed by atoms with Gasteiger partial charge in [0.05, 0.1) is 47.8 Å². The molecule has 2 aromatic carbocycles. The maximum Gasteiger partial charge on any atom is 0.257 e. The number of aromatic amines is 1. The van der Waals surface area contributed by atoms with E-state index in [-0.39, 0.29) is 18.0 Å². The number of fused-ring (bicyclic) bond motifs is 2. The van der Waals surface area contributed by atoms with Gasteiger partial charge in [0, 0.05) is 17.1 Å². The molecule has 4 aromatic rings. The number of hydrogen-bond donors (Lipinski definition) is 1. The van der Waals surface area contributed by atoms with Crippen LogP contribution in [0.5, 0.6) is 5.75 Å². The number of nitrogens with one attached hydrogen (secondary N) is 1. The summed E-state index contributed by atoms with van der Waals surface area (Å²) in [5.74, 6) is 2.39. The van der Waals surface area contributed by atoms with Crippen LogP contribution in [0.4, 0.5) is 0 Å². The van der Waals surface area contributed by atoms with Crippen LogP contribution < -0.4 is 4.74 Å². The Kier molecular flexibility index (Phi) is 4.26. The van der Waals surface area contributed by atoms with Gasteiger partial charge in [-0.2, -0.15) is 15.0 Å². The normalized spacial score (nSPS) is 24.0. The number of hydrogen-bond acceptors (Lipinski definition) is 5. The van der Waals surface area contributed by atoms with Crippen LogP contribution in [0.15, 0.2) is 48.8 Å². The summed E-state index contributed by atoms with van der Waals surface area (Å²) in [6, 6.07) is 11.0. The first-order valence-electron chi connectivity index (χ1n) is 10.6. The van der Waals surface area contributed by atoms with Gasteiger partial charge in [0.25, 0.3) is 5.91 Å². The van der Waals surface area contributed by atoms with E-state index in [4.69, 9.17) is 21.3 Å². The van der Waals surface area contributed by atoms with Crippen molar-refractivity contribution in [2.75, 3.05) is 7.11 Å². The van der Waals surface area contributed by atoms with Gasteiger partial charge < -0.3 is 14.6 Å². The lowest BCUT2D eigenvalue weighted by Gasteiger charge is -2.28. The average molecular weight is 449 g/mol. The molecule has 1 saturated carbocycles. The molecular formula is C23H21ClN6O2. The van der Waals surface area contributed by atoms with Crippen LogP contribution in [0.1, 0.15) is 35.6 Å². The van der Waals surface area contributed by atoms with Gasteiger partial charge in [0.2, 0.25) is 0 Å². The number of H-pyrrole nitrogens is 1. The molecule has 1 saturated heterocycles. The van der Waals surface area contributed by atoms with Gasteiger partial charge in [-0.3, -0.25) is 4.79 Å². The summed E-state index contributed by atoms with van der Waals surface area (Å²) in [6.45, 7) is 2.20. The molecular weight excluding hydrogens is 428 g/mol. The largest absolute Gasteiger partial charge is 0.497 e. The number of carbonyl (C=O) groups is 1. The minimum Gasteiger partial charge on any atom is -0.497 e. The molecule has 3 heterocycles. The third-order valence-corrected chi connectivity index (χ3v) is 6.98. The predicted molar refractivity (Wildman–Crippen MR) is 119 cm³/mol. The lowest BCUT2D eigenvalue weighted by molar-refractivity contribution is 0.0677. The highest BCUT2D eigenvalue weighted by Crippen LogP contribution is 2.58. The summed E-state index contributed by atoms with van der Waals surface area (Å²) in [5.41, 5.74) is 2.83. The molecule has 4 atom stereocenters. The minimum absolute atomic E-state index is 0.0836. The second kappa shape index (κ2) is 7.06. The van der Waals surface area contributed by atoms with Crippen molar-refractivity contribution in [3.63, 3.8) is 0 Å². The highest BCUT2D eigenvalue weighted by Gasteiger charge is 2.61. The first-order chi connectivity index (χ1) is 15.5. The van der Waals surface area contributed by atoms with Crippen LogP contribution in [0.25, 0.3) is 16.7 Å². The third-order valence-electron chi connectivity index (χ3n) is 6.75. The quantitative estimate of drug-likeness (QED) is 0.509. The van der Waals surface area contributed by atoms with Gasteiger partial charge in [-0.25, -0.2) is 4.98 Å². The fourth-order valence-electron chi connectivity index (χ4n) is 5.06. The Hall–Kier alpha value is -3.39. The number of benzene rings is 2. The number of ether oxygens (including phenoxy) is 1. The smallest absolute Gasteiger partial charge is 0.257 e. The molecule has 1 N–H and O–H groups in total. The zero-order valence-corrected chi connectivity index (χ0v) is 18.3. The van der Waals surface area contributed by atoms with Gasteiger partial charge >= 0.3 is 0 Å². The molecule has 32 heavy (non-hydrogen) atoms. The van der Waals surface area contributed by atoms with Crippen LogP contribution in [0, 0.1) is 11.8 Å². The number of amides is 1. The number of carbonyl (C=O) groups excluding carboxylic acids is 1. The number of halogens is 1. The van der Waals surface area contributed by atoms with E-state index in [0.717, 1.165) is 29.0 Å². The van der Waals surface area contributed by atoms with E-state index in [1.807, 2.05) is 23.1 Å². The Bertz CT molecular complexity index is 1330. The van der Waals surface area contributed by atoms with Gasteiger partial charge in [-0.15, -0.1) is 0 Å². The monoisotopic (exact) mass is 448 g/mol. The van der Waals surface area contributed by atoms with Crippen LogP contribution in [-0.2, 0) is 0 Å². The molecule has 2 fully saturated rings. The summed E-state index contributed by atoms with van der Waals surface area (Å²) < 4.78 is 5.33. The molecule has 0 radical (unpaired) electrons. The Morgan fingerprint density at radius 1 is 1.19 bits per heavy atom. The summed E-state index contributed by atoms with van der Waals surface area (Å²) in [7, 11) is 1.64. The molecule has 9 heteroatoms. The third kappa shape index (κ3) is 2.90. The molecule has 1 aliphatic heterocycles. The molecule has 1 amide bonds. The van der Waals surface area contributed by atoms with Crippen molar-refractivity contribution < 1.29 is 9.53 Å². The van der Waals surface area contributed by atoms with E-state index in [2.05, 4.69) is 22.1 Å². The number of likely N-dealkylation sites (tertiary alicyclic amines) is 1. The fourth-order valence-corrected chi connectivity index (χ4v) is 5.23. The van der Waals surface area contributed by atoms with E-state index in [9.17, 15) is 4.79 Å². The van der Waals surface area contributed by atoms with Crippen molar-refractivity contribution in [3.05, 3.63) is 65.2 Å². The summed E-state index contributed by atoms with van der Waals surface area (Å²) >= 11 is 6.29. The topological polar surface area (TPSA) is 88.9 Å². The van der Waals surface area contributed by atoms with Gasteiger partial charge in [0.15, 0.2) is 0 Å². The molecule has 1 unspecified atom stereocenters. The van der Waals surface area contributed by atoms with Crippen LogP contribution in [0.3, 0.4) is 0 Å². The second-order valence-corrected chi connectivity index (χ2v) is 8.90. The fraction of sp³-hybridized carbons (Fsp3) is 0.304. The van der Waals surface area contributed by atoms with E-state index in [0.29, 0.717) is 28.1 Å². The summed E-state index contributed by atoms with van der Waals surface area (Å²) in [4.78, 5) is 25.6. The number of imidazole rings is 1. The van der Waals surface area contributed by atoms with Crippen molar-refractivity contribution in [3.8, 4) is 11.4 Å².